The maximum absolute atomic E-state index is 9.21. The predicted molar refractivity (Wildman–Crippen MR) is 43.5 cm³/mol. The van der Waals surface area contributed by atoms with Crippen LogP contribution in [0.1, 0.15) is 19.8 Å². The maximum Gasteiger partial charge on any atom is 0.0662 e. The molecule has 1 saturated heterocycles. The molecule has 3 heteroatoms. The molecular weight excluding hydrogens is 142 g/mol. The summed E-state index contributed by atoms with van der Waals surface area (Å²) >= 11 is 0. The van der Waals surface area contributed by atoms with Crippen molar-refractivity contribution >= 4 is 0 Å². The minimum atomic E-state index is -0.199. The molecular formula is C8H17NO2. The Morgan fingerprint density at radius 3 is 3.09 bits per heavy atom. The van der Waals surface area contributed by atoms with Crippen molar-refractivity contribution in [3.8, 4) is 0 Å². The van der Waals surface area contributed by atoms with Gasteiger partial charge in [-0.15, -0.1) is 0 Å². The number of aliphatic hydroxyl groups is 1. The van der Waals surface area contributed by atoms with Gasteiger partial charge in [0.1, 0.15) is 0 Å². The van der Waals surface area contributed by atoms with Gasteiger partial charge in [0, 0.05) is 19.2 Å². The fourth-order valence-electron chi connectivity index (χ4n) is 1.14. The summed E-state index contributed by atoms with van der Waals surface area (Å²) in [6, 6.07) is 0.469. The zero-order chi connectivity index (χ0) is 8.10. The molecule has 3 nitrogen and oxygen atoms in total. The van der Waals surface area contributed by atoms with Gasteiger partial charge < -0.3 is 15.2 Å². The highest BCUT2D eigenvalue weighted by Crippen LogP contribution is 2.03. The van der Waals surface area contributed by atoms with Crippen LogP contribution in [0.15, 0.2) is 0 Å². The van der Waals surface area contributed by atoms with E-state index in [0.29, 0.717) is 12.6 Å². The van der Waals surface area contributed by atoms with Crippen LogP contribution in [-0.2, 0) is 4.74 Å². The molecule has 0 aromatic heterocycles. The second kappa shape index (κ2) is 4.70. The lowest BCUT2D eigenvalue weighted by molar-refractivity contribution is 0.156. The number of rotatable bonds is 4. The normalized spacial score (nSPS) is 27.3. The zero-order valence-electron chi connectivity index (χ0n) is 7.05. The molecule has 1 aliphatic rings. The van der Waals surface area contributed by atoms with Crippen LogP contribution in [0.4, 0.5) is 0 Å². The lowest BCUT2D eigenvalue weighted by Crippen LogP contribution is -2.35. The Bertz CT molecular complexity index is 102. The van der Waals surface area contributed by atoms with Crippen LogP contribution in [0.5, 0.6) is 0 Å². The van der Waals surface area contributed by atoms with Gasteiger partial charge in [0.05, 0.1) is 12.7 Å². The first-order chi connectivity index (χ1) is 5.33. The van der Waals surface area contributed by atoms with Crippen molar-refractivity contribution in [2.24, 2.45) is 0 Å². The van der Waals surface area contributed by atoms with Gasteiger partial charge in [-0.3, -0.25) is 0 Å². The van der Waals surface area contributed by atoms with Gasteiger partial charge in [-0.2, -0.15) is 0 Å². The van der Waals surface area contributed by atoms with Crippen molar-refractivity contribution in [1.82, 2.24) is 5.32 Å². The van der Waals surface area contributed by atoms with Gasteiger partial charge in [-0.25, -0.2) is 0 Å². The van der Waals surface area contributed by atoms with Crippen LogP contribution in [0.25, 0.3) is 0 Å². The molecule has 66 valence electrons. The summed E-state index contributed by atoms with van der Waals surface area (Å²) in [5.74, 6) is 0. The molecule has 1 aliphatic heterocycles. The van der Waals surface area contributed by atoms with E-state index in [1.54, 1.807) is 0 Å². The minimum absolute atomic E-state index is 0.199. The Labute approximate surface area is 67.7 Å². The second-order valence-electron chi connectivity index (χ2n) is 3.03. The van der Waals surface area contributed by atoms with Crippen LogP contribution >= 0.6 is 0 Å². The molecule has 0 aromatic carbocycles. The molecule has 0 radical (unpaired) electrons. The molecule has 1 rings (SSSR count). The molecule has 0 aromatic rings. The predicted octanol–water partition coefficient (Wildman–Crippen LogP) is 0.136. The summed E-state index contributed by atoms with van der Waals surface area (Å²) in [6.07, 6.45) is 1.70. The van der Waals surface area contributed by atoms with Crippen LogP contribution < -0.4 is 5.32 Å². The van der Waals surface area contributed by atoms with Crippen molar-refractivity contribution in [3.05, 3.63) is 0 Å². The first-order valence-electron chi connectivity index (χ1n) is 4.32. The van der Waals surface area contributed by atoms with Gasteiger partial charge >= 0.3 is 0 Å². The van der Waals surface area contributed by atoms with E-state index in [0.717, 1.165) is 26.1 Å². The van der Waals surface area contributed by atoms with Crippen LogP contribution in [0.3, 0.4) is 0 Å². The second-order valence-corrected chi connectivity index (χ2v) is 3.03. The number of aliphatic hydroxyl groups excluding tert-OH is 1. The van der Waals surface area contributed by atoms with E-state index in [1.165, 1.54) is 0 Å². The lowest BCUT2D eigenvalue weighted by atomic mass is 10.2. The maximum atomic E-state index is 9.21. The molecule has 2 N–H and O–H groups in total. The Hall–Kier alpha value is -0.120. The Morgan fingerprint density at radius 1 is 1.73 bits per heavy atom. The molecule has 1 heterocycles. The van der Waals surface area contributed by atoms with E-state index < -0.39 is 0 Å². The van der Waals surface area contributed by atoms with Crippen molar-refractivity contribution < 1.29 is 9.84 Å². The largest absolute Gasteiger partial charge is 0.392 e. The Balaban J connectivity index is 2.01. The monoisotopic (exact) mass is 159 g/mol. The SMILES string of the molecule is CCC(O)CNC1CCOC1. The fraction of sp³-hybridized carbons (Fsp3) is 1.00. The minimum Gasteiger partial charge on any atom is -0.392 e. The number of hydrogen-bond donors (Lipinski definition) is 2. The summed E-state index contributed by atoms with van der Waals surface area (Å²) in [5.41, 5.74) is 0. The summed E-state index contributed by atoms with van der Waals surface area (Å²) in [4.78, 5) is 0. The van der Waals surface area contributed by atoms with Crippen molar-refractivity contribution in [3.63, 3.8) is 0 Å². The quantitative estimate of drug-likeness (QED) is 0.613. The number of nitrogens with one attached hydrogen (secondary N) is 1. The smallest absolute Gasteiger partial charge is 0.0662 e. The summed E-state index contributed by atoms with van der Waals surface area (Å²) in [7, 11) is 0. The highest BCUT2D eigenvalue weighted by atomic mass is 16.5. The highest BCUT2D eigenvalue weighted by Gasteiger charge is 2.15. The molecule has 0 saturated carbocycles. The van der Waals surface area contributed by atoms with E-state index >= 15 is 0 Å². The average molecular weight is 159 g/mol. The van der Waals surface area contributed by atoms with Crippen LogP contribution in [0.2, 0.25) is 0 Å². The lowest BCUT2D eigenvalue weighted by Gasteiger charge is -2.13. The van der Waals surface area contributed by atoms with Gasteiger partial charge in [0.25, 0.3) is 0 Å². The number of hydrogen-bond acceptors (Lipinski definition) is 3. The molecule has 0 spiro atoms. The van der Waals surface area contributed by atoms with E-state index in [9.17, 15) is 5.11 Å². The molecule has 0 bridgehead atoms. The number of ether oxygens (including phenoxy) is 1. The highest BCUT2D eigenvalue weighted by molar-refractivity contribution is 4.72. The van der Waals surface area contributed by atoms with Gasteiger partial charge in [-0.1, -0.05) is 6.92 Å². The third-order valence-electron chi connectivity index (χ3n) is 2.04. The summed E-state index contributed by atoms with van der Waals surface area (Å²) in [6.45, 7) is 4.35. The third-order valence-corrected chi connectivity index (χ3v) is 2.04. The zero-order valence-corrected chi connectivity index (χ0v) is 7.05. The van der Waals surface area contributed by atoms with Crippen molar-refractivity contribution in [2.75, 3.05) is 19.8 Å². The third kappa shape index (κ3) is 3.18. The molecule has 0 amide bonds. The molecule has 2 unspecified atom stereocenters. The topological polar surface area (TPSA) is 41.5 Å². The average Bonchev–Trinajstić information content (AvgIpc) is 2.52. The van der Waals surface area contributed by atoms with Crippen LogP contribution in [0, 0.1) is 0 Å². The van der Waals surface area contributed by atoms with Gasteiger partial charge in [-0.05, 0) is 12.8 Å². The fourth-order valence-corrected chi connectivity index (χ4v) is 1.14. The molecule has 11 heavy (non-hydrogen) atoms. The van der Waals surface area contributed by atoms with Crippen molar-refractivity contribution in [1.29, 1.82) is 0 Å². The van der Waals surface area contributed by atoms with E-state index in [2.05, 4.69) is 5.32 Å². The summed E-state index contributed by atoms with van der Waals surface area (Å²) < 4.78 is 5.18. The summed E-state index contributed by atoms with van der Waals surface area (Å²) in [5, 5.41) is 12.5. The van der Waals surface area contributed by atoms with E-state index in [4.69, 9.17) is 4.74 Å². The molecule has 0 aliphatic carbocycles. The van der Waals surface area contributed by atoms with Gasteiger partial charge in [0.15, 0.2) is 0 Å². The first-order valence-corrected chi connectivity index (χ1v) is 4.32. The Morgan fingerprint density at radius 2 is 2.55 bits per heavy atom. The van der Waals surface area contributed by atoms with E-state index in [-0.39, 0.29) is 6.10 Å². The molecule has 2 atom stereocenters. The van der Waals surface area contributed by atoms with Crippen LogP contribution in [-0.4, -0.2) is 37.0 Å². The van der Waals surface area contributed by atoms with Crippen molar-refractivity contribution in [2.45, 2.75) is 31.9 Å². The van der Waals surface area contributed by atoms with Gasteiger partial charge in [0.2, 0.25) is 0 Å². The first kappa shape index (κ1) is 8.97. The Kier molecular flexibility index (Phi) is 3.83. The standard InChI is InChI=1S/C8H17NO2/c1-2-8(10)5-9-7-3-4-11-6-7/h7-10H,2-6H2,1H3. The van der Waals surface area contributed by atoms with E-state index in [1.807, 2.05) is 6.92 Å². The molecule has 1 fully saturated rings.